The van der Waals surface area contributed by atoms with Crippen LogP contribution in [0.5, 0.6) is 0 Å². The first-order valence-corrected chi connectivity index (χ1v) is 5.99. The summed E-state index contributed by atoms with van der Waals surface area (Å²) in [6.45, 7) is 3.38. The molecule has 0 bridgehead atoms. The third-order valence-electron chi connectivity index (χ3n) is 3.74. The summed E-state index contributed by atoms with van der Waals surface area (Å²) in [6.07, 6.45) is 1.69. The summed E-state index contributed by atoms with van der Waals surface area (Å²) >= 11 is 0. The topological polar surface area (TPSA) is 0 Å². The van der Waals surface area contributed by atoms with Crippen molar-refractivity contribution >= 4 is 5.57 Å². The number of halogens is 3. The summed E-state index contributed by atoms with van der Waals surface area (Å²) in [5.74, 6) is -3.68. The first-order valence-electron chi connectivity index (χ1n) is 5.99. The van der Waals surface area contributed by atoms with Crippen LogP contribution in [0.15, 0.2) is 35.9 Å². The quantitative estimate of drug-likeness (QED) is 0.640. The lowest BCUT2D eigenvalue weighted by Gasteiger charge is -2.24. The normalized spacial score (nSPS) is 28.3. The third kappa shape index (κ3) is 1.33. The van der Waals surface area contributed by atoms with Crippen LogP contribution in [0, 0.1) is 12.8 Å². The molecule has 2 aliphatic rings. The van der Waals surface area contributed by atoms with Gasteiger partial charge in [-0.3, -0.25) is 0 Å². The Bertz CT molecular complexity index is 581. The number of hydrogen-bond donors (Lipinski definition) is 0. The second kappa shape index (κ2) is 3.50. The summed E-state index contributed by atoms with van der Waals surface area (Å²) in [5, 5.41) is 0. The summed E-state index contributed by atoms with van der Waals surface area (Å²) in [6, 6.07) is 4.90. The molecule has 0 N–H and O–H groups in total. The monoisotopic (exact) mass is 250 g/mol. The van der Waals surface area contributed by atoms with Gasteiger partial charge < -0.3 is 0 Å². The molecule has 1 aromatic rings. The lowest BCUT2D eigenvalue weighted by atomic mass is 9.88. The van der Waals surface area contributed by atoms with Crippen molar-refractivity contribution in [3.8, 4) is 0 Å². The van der Waals surface area contributed by atoms with Crippen LogP contribution in [0.2, 0.25) is 0 Å². The maximum absolute atomic E-state index is 14.3. The second-order valence-corrected chi connectivity index (χ2v) is 5.07. The van der Waals surface area contributed by atoms with Gasteiger partial charge in [-0.15, -0.1) is 0 Å². The molecule has 3 rings (SSSR count). The molecule has 0 saturated heterocycles. The van der Waals surface area contributed by atoms with E-state index in [4.69, 9.17) is 0 Å². The molecule has 1 aromatic carbocycles. The summed E-state index contributed by atoms with van der Waals surface area (Å²) in [4.78, 5) is 0. The van der Waals surface area contributed by atoms with Crippen molar-refractivity contribution < 1.29 is 13.2 Å². The Balaban J connectivity index is 2.26. The Kier molecular flexibility index (Phi) is 2.25. The molecule has 2 unspecified atom stereocenters. The molecule has 2 atom stereocenters. The number of allylic oxidation sites excluding steroid dienone is 4. The highest BCUT2D eigenvalue weighted by molar-refractivity contribution is 5.86. The predicted molar refractivity (Wildman–Crippen MR) is 65.2 cm³/mol. The molecule has 0 heterocycles. The maximum atomic E-state index is 14.3. The van der Waals surface area contributed by atoms with E-state index in [-0.39, 0.29) is 11.1 Å². The van der Waals surface area contributed by atoms with Crippen LogP contribution < -0.4 is 0 Å². The molecule has 2 aliphatic carbocycles. The first-order chi connectivity index (χ1) is 8.43. The molecule has 0 amide bonds. The molecular weight excluding hydrogens is 237 g/mol. The zero-order chi connectivity index (χ0) is 13.1. The minimum Gasteiger partial charge on any atom is -0.242 e. The molecule has 3 heteroatoms. The average molecular weight is 250 g/mol. The van der Waals surface area contributed by atoms with Crippen LogP contribution >= 0.6 is 0 Å². The highest BCUT2D eigenvalue weighted by Crippen LogP contribution is 2.53. The van der Waals surface area contributed by atoms with Gasteiger partial charge in [0.2, 0.25) is 0 Å². The van der Waals surface area contributed by atoms with Crippen molar-refractivity contribution in [2.24, 2.45) is 5.92 Å². The van der Waals surface area contributed by atoms with E-state index in [1.54, 1.807) is 38.1 Å². The summed E-state index contributed by atoms with van der Waals surface area (Å²) < 4.78 is 42.8. The molecule has 0 spiro atoms. The third-order valence-corrected chi connectivity index (χ3v) is 3.74. The van der Waals surface area contributed by atoms with E-state index in [1.165, 1.54) is 6.07 Å². The van der Waals surface area contributed by atoms with Gasteiger partial charge in [-0.1, -0.05) is 36.8 Å². The van der Waals surface area contributed by atoms with Crippen molar-refractivity contribution in [2.45, 2.75) is 25.9 Å². The zero-order valence-corrected chi connectivity index (χ0v) is 10.2. The SMILES string of the molecule is Cc1ccc2c(c1)C(F)(F)C1=C2C=CC(C)C1F. The van der Waals surface area contributed by atoms with Gasteiger partial charge in [0.1, 0.15) is 6.17 Å². The lowest BCUT2D eigenvalue weighted by molar-refractivity contribution is 0.0232. The summed E-state index contributed by atoms with van der Waals surface area (Å²) in [5.41, 5.74) is 1.17. The van der Waals surface area contributed by atoms with E-state index in [1.807, 2.05) is 0 Å². The Morgan fingerprint density at radius 2 is 1.94 bits per heavy atom. The Morgan fingerprint density at radius 3 is 2.67 bits per heavy atom. The number of benzene rings is 1. The molecule has 0 fully saturated rings. The molecule has 0 saturated carbocycles. The number of hydrogen-bond acceptors (Lipinski definition) is 0. The van der Waals surface area contributed by atoms with Crippen molar-refractivity contribution in [3.05, 3.63) is 52.6 Å². The lowest BCUT2D eigenvalue weighted by Crippen LogP contribution is -2.26. The Hall–Kier alpha value is -1.51. The van der Waals surface area contributed by atoms with Crippen molar-refractivity contribution in [3.63, 3.8) is 0 Å². The van der Waals surface area contributed by atoms with E-state index in [0.717, 1.165) is 5.56 Å². The molecule has 0 nitrogen and oxygen atoms in total. The predicted octanol–water partition coefficient (Wildman–Crippen LogP) is 4.40. The highest BCUT2D eigenvalue weighted by atomic mass is 19.3. The van der Waals surface area contributed by atoms with Gasteiger partial charge in [-0.05, 0) is 24.1 Å². The fourth-order valence-corrected chi connectivity index (χ4v) is 2.72. The minimum absolute atomic E-state index is 0.0612. The standard InChI is InChI=1S/C15H13F3/c1-8-3-5-10-11-6-4-9(2)14(16)13(11)15(17,18)12(10)7-8/h3-7,9,14H,1-2H3. The fraction of sp³-hybridized carbons (Fsp3) is 0.333. The molecular formula is C15H13F3. The molecule has 18 heavy (non-hydrogen) atoms. The minimum atomic E-state index is -3.19. The van der Waals surface area contributed by atoms with Crippen molar-refractivity contribution in [2.75, 3.05) is 0 Å². The van der Waals surface area contributed by atoms with Gasteiger partial charge in [-0.25, -0.2) is 4.39 Å². The van der Waals surface area contributed by atoms with Crippen LogP contribution in [0.4, 0.5) is 13.2 Å². The Labute approximate surface area is 104 Å². The number of aryl methyl sites for hydroxylation is 1. The molecule has 0 radical (unpaired) electrons. The van der Waals surface area contributed by atoms with Crippen LogP contribution in [0.3, 0.4) is 0 Å². The zero-order valence-electron chi connectivity index (χ0n) is 10.2. The maximum Gasteiger partial charge on any atom is 0.298 e. The van der Waals surface area contributed by atoms with Crippen LogP contribution in [-0.2, 0) is 5.92 Å². The van der Waals surface area contributed by atoms with Crippen LogP contribution in [0.25, 0.3) is 5.57 Å². The van der Waals surface area contributed by atoms with Gasteiger partial charge in [0.15, 0.2) is 0 Å². The average Bonchev–Trinajstić information content (AvgIpc) is 2.53. The van der Waals surface area contributed by atoms with Gasteiger partial charge in [0, 0.05) is 17.1 Å². The highest BCUT2D eigenvalue weighted by Gasteiger charge is 2.51. The molecule has 94 valence electrons. The fourth-order valence-electron chi connectivity index (χ4n) is 2.72. The largest absolute Gasteiger partial charge is 0.298 e. The Morgan fingerprint density at radius 1 is 1.22 bits per heavy atom. The van der Waals surface area contributed by atoms with Crippen molar-refractivity contribution in [1.82, 2.24) is 0 Å². The van der Waals surface area contributed by atoms with Crippen LogP contribution in [0.1, 0.15) is 23.6 Å². The number of fused-ring (bicyclic) bond motifs is 2. The first kappa shape index (κ1) is 11.6. The molecule has 0 aliphatic heterocycles. The van der Waals surface area contributed by atoms with E-state index >= 15 is 0 Å². The summed E-state index contributed by atoms with van der Waals surface area (Å²) in [7, 11) is 0. The number of alkyl halides is 3. The van der Waals surface area contributed by atoms with Gasteiger partial charge >= 0.3 is 0 Å². The van der Waals surface area contributed by atoms with Crippen LogP contribution in [-0.4, -0.2) is 6.17 Å². The van der Waals surface area contributed by atoms with E-state index in [0.29, 0.717) is 11.1 Å². The smallest absolute Gasteiger partial charge is 0.242 e. The van der Waals surface area contributed by atoms with Gasteiger partial charge in [0.25, 0.3) is 5.92 Å². The van der Waals surface area contributed by atoms with E-state index < -0.39 is 18.0 Å². The van der Waals surface area contributed by atoms with Gasteiger partial charge in [0.05, 0.1) is 0 Å². The van der Waals surface area contributed by atoms with E-state index in [2.05, 4.69) is 0 Å². The van der Waals surface area contributed by atoms with Crippen molar-refractivity contribution in [1.29, 1.82) is 0 Å². The van der Waals surface area contributed by atoms with E-state index in [9.17, 15) is 13.2 Å². The van der Waals surface area contributed by atoms with Gasteiger partial charge in [-0.2, -0.15) is 8.78 Å². The second-order valence-electron chi connectivity index (χ2n) is 5.07. The molecule has 0 aromatic heterocycles. The number of rotatable bonds is 0.